The number of nitrogens with one attached hydrogen (secondary N) is 1. The van der Waals surface area contributed by atoms with Crippen LogP contribution in [-0.4, -0.2) is 4.98 Å². The smallest absolute Gasteiger partial charge is 0.353 e. The number of pyridine rings is 1. The summed E-state index contributed by atoms with van der Waals surface area (Å²) in [6.07, 6.45) is -3.10. The number of aromatic nitrogens is 1. The van der Waals surface area contributed by atoms with E-state index in [2.05, 4.69) is 26.2 Å². The summed E-state index contributed by atoms with van der Waals surface area (Å²) in [6, 6.07) is 8.61. The lowest BCUT2D eigenvalue weighted by molar-refractivity contribution is -0.137. The minimum Gasteiger partial charge on any atom is -0.353 e. The van der Waals surface area contributed by atoms with E-state index in [1.807, 2.05) is 6.07 Å². The van der Waals surface area contributed by atoms with E-state index in [9.17, 15) is 13.2 Å². The van der Waals surface area contributed by atoms with Crippen molar-refractivity contribution in [3.8, 4) is 6.07 Å². The van der Waals surface area contributed by atoms with Crippen LogP contribution in [0.2, 0.25) is 0 Å². The molecule has 0 aliphatic carbocycles. The second-order valence-corrected chi connectivity index (χ2v) is 4.74. The molecule has 0 bridgehead atoms. The van der Waals surface area contributed by atoms with Crippen molar-refractivity contribution < 1.29 is 13.2 Å². The van der Waals surface area contributed by atoms with Crippen molar-refractivity contribution in [2.75, 3.05) is 5.32 Å². The van der Waals surface area contributed by atoms with Crippen LogP contribution < -0.4 is 5.32 Å². The van der Waals surface area contributed by atoms with Crippen molar-refractivity contribution in [3.63, 3.8) is 0 Å². The van der Waals surface area contributed by atoms with Gasteiger partial charge in [-0.1, -0.05) is 15.9 Å². The topological polar surface area (TPSA) is 48.7 Å². The van der Waals surface area contributed by atoms with Gasteiger partial charge in [0.15, 0.2) is 5.69 Å². The molecule has 0 amide bonds. The summed E-state index contributed by atoms with van der Waals surface area (Å²) in [4.78, 5) is 3.79. The number of alkyl halides is 3. The van der Waals surface area contributed by atoms with E-state index in [4.69, 9.17) is 5.26 Å². The Bertz CT molecular complexity index is 677. The highest BCUT2D eigenvalue weighted by atomic mass is 79.9. The van der Waals surface area contributed by atoms with E-state index in [-0.39, 0.29) is 17.1 Å². The SMILES string of the molecule is N#Cc1ncccc1Nc1ccc(Br)cc1C(F)(F)F. The summed E-state index contributed by atoms with van der Waals surface area (Å²) in [6.45, 7) is 0. The van der Waals surface area contributed by atoms with Crippen LogP contribution in [0.3, 0.4) is 0 Å². The molecular weight excluding hydrogens is 335 g/mol. The molecule has 1 aromatic heterocycles. The summed E-state index contributed by atoms with van der Waals surface area (Å²) in [5.41, 5.74) is -0.698. The van der Waals surface area contributed by atoms with E-state index in [1.165, 1.54) is 30.5 Å². The first-order valence-corrected chi connectivity index (χ1v) is 6.20. The first kappa shape index (κ1) is 14.3. The average molecular weight is 342 g/mol. The quantitative estimate of drug-likeness (QED) is 0.876. The van der Waals surface area contributed by atoms with Crippen LogP contribution in [-0.2, 0) is 6.18 Å². The number of nitriles is 1. The van der Waals surface area contributed by atoms with Crippen LogP contribution in [0.25, 0.3) is 0 Å². The van der Waals surface area contributed by atoms with Crippen LogP contribution in [0, 0.1) is 11.3 Å². The van der Waals surface area contributed by atoms with Gasteiger partial charge in [0.05, 0.1) is 16.9 Å². The number of hydrogen-bond donors (Lipinski definition) is 1. The predicted octanol–water partition coefficient (Wildman–Crippen LogP) is 4.48. The van der Waals surface area contributed by atoms with Crippen LogP contribution >= 0.6 is 15.9 Å². The number of anilines is 2. The fourth-order valence-electron chi connectivity index (χ4n) is 1.60. The van der Waals surface area contributed by atoms with Gasteiger partial charge in [0.2, 0.25) is 0 Å². The van der Waals surface area contributed by atoms with Gasteiger partial charge in [0, 0.05) is 10.7 Å². The highest BCUT2D eigenvalue weighted by Gasteiger charge is 2.33. The highest BCUT2D eigenvalue weighted by molar-refractivity contribution is 9.10. The maximum Gasteiger partial charge on any atom is 0.418 e. The van der Waals surface area contributed by atoms with E-state index < -0.39 is 11.7 Å². The number of nitrogens with zero attached hydrogens (tertiary/aromatic N) is 2. The normalized spacial score (nSPS) is 10.9. The van der Waals surface area contributed by atoms with Crippen LogP contribution in [0.15, 0.2) is 41.0 Å². The Hall–Kier alpha value is -2.07. The van der Waals surface area contributed by atoms with E-state index in [0.29, 0.717) is 4.47 Å². The summed E-state index contributed by atoms with van der Waals surface area (Å²) < 4.78 is 39.2. The van der Waals surface area contributed by atoms with Gasteiger partial charge in [-0.2, -0.15) is 18.4 Å². The summed E-state index contributed by atoms with van der Waals surface area (Å²) in [5.74, 6) is 0. The zero-order valence-corrected chi connectivity index (χ0v) is 11.5. The summed E-state index contributed by atoms with van der Waals surface area (Å²) in [5, 5.41) is 11.5. The summed E-state index contributed by atoms with van der Waals surface area (Å²) >= 11 is 3.01. The van der Waals surface area contributed by atoms with Crippen LogP contribution in [0.1, 0.15) is 11.3 Å². The van der Waals surface area contributed by atoms with Gasteiger partial charge in [-0.25, -0.2) is 4.98 Å². The van der Waals surface area contributed by atoms with Crippen molar-refractivity contribution in [2.24, 2.45) is 0 Å². The van der Waals surface area contributed by atoms with Gasteiger partial charge >= 0.3 is 6.18 Å². The Labute approximate surface area is 121 Å². The first-order chi connectivity index (χ1) is 9.41. The lowest BCUT2D eigenvalue weighted by Gasteiger charge is -2.15. The van der Waals surface area contributed by atoms with Gasteiger partial charge in [0.25, 0.3) is 0 Å². The van der Waals surface area contributed by atoms with Gasteiger partial charge in [-0.15, -0.1) is 0 Å². The molecule has 0 saturated heterocycles. The van der Waals surface area contributed by atoms with Gasteiger partial charge in [-0.05, 0) is 30.3 Å². The zero-order valence-electron chi connectivity index (χ0n) is 9.87. The molecule has 1 heterocycles. The van der Waals surface area contributed by atoms with Gasteiger partial charge < -0.3 is 5.32 Å². The first-order valence-electron chi connectivity index (χ1n) is 5.40. The van der Waals surface area contributed by atoms with Crippen LogP contribution in [0.4, 0.5) is 24.5 Å². The van der Waals surface area contributed by atoms with Crippen molar-refractivity contribution in [2.45, 2.75) is 6.18 Å². The molecule has 0 fully saturated rings. The molecule has 0 aliphatic rings. The molecule has 2 aromatic rings. The molecule has 7 heteroatoms. The predicted molar refractivity (Wildman–Crippen MR) is 71.4 cm³/mol. The third kappa shape index (κ3) is 3.08. The molecule has 0 atom stereocenters. The number of benzene rings is 1. The van der Waals surface area contributed by atoms with E-state index >= 15 is 0 Å². The van der Waals surface area contributed by atoms with Crippen molar-refractivity contribution in [1.29, 1.82) is 5.26 Å². The molecule has 1 N–H and O–H groups in total. The van der Waals surface area contributed by atoms with Crippen molar-refractivity contribution in [1.82, 2.24) is 4.98 Å². The Balaban J connectivity index is 2.47. The fraction of sp³-hybridized carbons (Fsp3) is 0.0769. The van der Waals surface area contributed by atoms with Crippen molar-refractivity contribution in [3.05, 3.63) is 52.3 Å². The summed E-state index contributed by atoms with van der Waals surface area (Å²) in [7, 11) is 0. The maximum absolute atomic E-state index is 13.0. The molecule has 1 aromatic carbocycles. The molecule has 2 rings (SSSR count). The molecule has 20 heavy (non-hydrogen) atoms. The number of halogens is 4. The molecule has 0 aliphatic heterocycles. The fourth-order valence-corrected chi connectivity index (χ4v) is 1.96. The number of hydrogen-bond acceptors (Lipinski definition) is 3. The minimum atomic E-state index is -4.50. The van der Waals surface area contributed by atoms with Gasteiger partial charge in [0.1, 0.15) is 6.07 Å². The second-order valence-electron chi connectivity index (χ2n) is 3.82. The van der Waals surface area contributed by atoms with E-state index in [1.54, 1.807) is 0 Å². The standard InChI is InChI=1S/C13H7BrF3N3/c14-8-3-4-10(9(6-8)13(15,16)17)20-11-2-1-5-19-12(11)7-18/h1-6,20H. The Kier molecular flexibility index (Phi) is 3.95. The average Bonchev–Trinajstić information content (AvgIpc) is 2.40. The lowest BCUT2D eigenvalue weighted by atomic mass is 10.1. The Morgan fingerprint density at radius 3 is 2.60 bits per heavy atom. The Morgan fingerprint density at radius 1 is 1.20 bits per heavy atom. The maximum atomic E-state index is 13.0. The molecule has 0 unspecified atom stereocenters. The largest absolute Gasteiger partial charge is 0.418 e. The number of rotatable bonds is 2. The molecule has 0 spiro atoms. The lowest BCUT2D eigenvalue weighted by Crippen LogP contribution is -2.09. The Morgan fingerprint density at radius 2 is 1.95 bits per heavy atom. The monoisotopic (exact) mass is 341 g/mol. The minimum absolute atomic E-state index is 0.0311. The molecule has 0 radical (unpaired) electrons. The molecule has 102 valence electrons. The second kappa shape index (κ2) is 5.51. The highest BCUT2D eigenvalue weighted by Crippen LogP contribution is 2.37. The molecular formula is C13H7BrF3N3. The zero-order chi connectivity index (χ0) is 14.8. The van der Waals surface area contributed by atoms with Crippen LogP contribution in [0.5, 0.6) is 0 Å². The van der Waals surface area contributed by atoms with Crippen molar-refractivity contribution >= 4 is 27.3 Å². The third-order valence-corrected chi connectivity index (χ3v) is 2.96. The molecule has 3 nitrogen and oxygen atoms in total. The van der Waals surface area contributed by atoms with Gasteiger partial charge in [-0.3, -0.25) is 0 Å². The molecule has 0 saturated carbocycles. The third-order valence-electron chi connectivity index (χ3n) is 2.47. The van der Waals surface area contributed by atoms with E-state index in [0.717, 1.165) is 6.07 Å².